The lowest BCUT2D eigenvalue weighted by atomic mass is 9.92. The molecule has 0 fully saturated rings. The Bertz CT molecular complexity index is 518. The lowest BCUT2D eigenvalue weighted by Gasteiger charge is -2.30. The van der Waals surface area contributed by atoms with Crippen LogP contribution in [0.25, 0.3) is 0 Å². The summed E-state index contributed by atoms with van der Waals surface area (Å²) in [4.78, 5) is 24.0. The molecule has 1 unspecified atom stereocenters. The van der Waals surface area contributed by atoms with Gasteiger partial charge in [-0.05, 0) is 45.4 Å². The number of amides is 1. The van der Waals surface area contributed by atoms with Gasteiger partial charge in [-0.1, -0.05) is 12.1 Å². The van der Waals surface area contributed by atoms with Crippen LogP contribution in [-0.4, -0.2) is 29.9 Å². The van der Waals surface area contributed by atoms with Gasteiger partial charge in [0.15, 0.2) is 5.54 Å². The molecular formula is C15H21NO5. The second kappa shape index (κ2) is 6.03. The van der Waals surface area contributed by atoms with Crippen LogP contribution in [0.2, 0.25) is 0 Å². The number of aromatic hydroxyl groups is 1. The van der Waals surface area contributed by atoms with Gasteiger partial charge >= 0.3 is 12.1 Å². The van der Waals surface area contributed by atoms with Gasteiger partial charge in [0.1, 0.15) is 11.4 Å². The number of esters is 1. The fourth-order valence-electron chi connectivity index (χ4n) is 1.75. The first-order valence-electron chi connectivity index (χ1n) is 6.47. The predicted molar refractivity (Wildman–Crippen MR) is 76.8 cm³/mol. The van der Waals surface area contributed by atoms with Crippen molar-refractivity contribution in [2.24, 2.45) is 0 Å². The maximum absolute atomic E-state index is 12.1. The third-order valence-electron chi connectivity index (χ3n) is 2.79. The third kappa shape index (κ3) is 4.37. The van der Waals surface area contributed by atoms with Gasteiger partial charge in [0, 0.05) is 0 Å². The zero-order valence-corrected chi connectivity index (χ0v) is 12.9. The number of hydrogen-bond acceptors (Lipinski definition) is 5. The van der Waals surface area contributed by atoms with Gasteiger partial charge in [-0.2, -0.15) is 0 Å². The maximum atomic E-state index is 12.1. The van der Waals surface area contributed by atoms with Crippen LogP contribution in [0.5, 0.6) is 5.75 Å². The minimum atomic E-state index is -1.41. The summed E-state index contributed by atoms with van der Waals surface area (Å²) in [6.45, 7) is 6.68. The highest BCUT2D eigenvalue weighted by Crippen LogP contribution is 2.25. The van der Waals surface area contributed by atoms with E-state index >= 15 is 0 Å². The van der Waals surface area contributed by atoms with E-state index in [1.165, 1.54) is 38.3 Å². The van der Waals surface area contributed by atoms with Crippen LogP contribution in [0.1, 0.15) is 33.3 Å². The average Bonchev–Trinajstić information content (AvgIpc) is 2.35. The molecule has 21 heavy (non-hydrogen) atoms. The fourth-order valence-corrected chi connectivity index (χ4v) is 1.75. The van der Waals surface area contributed by atoms with Gasteiger partial charge in [0.2, 0.25) is 0 Å². The van der Waals surface area contributed by atoms with Crippen molar-refractivity contribution in [1.29, 1.82) is 0 Å². The molecule has 0 bridgehead atoms. The largest absolute Gasteiger partial charge is 0.508 e. The summed E-state index contributed by atoms with van der Waals surface area (Å²) in [6, 6.07) is 5.91. The number of ether oxygens (including phenoxy) is 2. The van der Waals surface area contributed by atoms with E-state index in [2.05, 4.69) is 5.32 Å². The van der Waals surface area contributed by atoms with Crippen molar-refractivity contribution >= 4 is 12.1 Å². The monoisotopic (exact) mass is 295 g/mol. The Labute approximate surface area is 124 Å². The van der Waals surface area contributed by atoms with Gasteiger partial charge in [0.05, 0.1) is 7.11 Å². The SMILES string of the molecule is COC(=O)C(C)(NC(=O)OC(C)(C)C)c1ccc(O)cc1. The summed E-state index contributed by atoms with van der Waals surface area (Å²) in [7, 11) is 1.23. The summed E-state index contributed by atoms with van der Waals surface area (Å²) in [5.41, 5.74) is -1.63. The Morgan fingerprint density at radius 1 is 1.10 bits per heavy atom. The normalized spacial score (nSPS) is 14.0. The molecule has 6 heteroatoms. The molecule has 0 aliphatic carbocycles. The van der Waals surface area contributed by atoms with Crippen molar-refractivity contribution in [2.45, 2.75) is 38.8 Å². The number of hydrogen-bond donors (Lipinski definition) is 2. The molecular weight excluding hydrogens is 274 g/mol. The highest BCUT2D eigenvalue weighted by molar-refractivity contribution is 5.86. The minimum absolute atomic E-state index is 0.0585. The van der Waals surface area contributed by atoms with Crippen LogP contribution in [0.15, 0.2) is 24.3 Å². The topological polar surface area (TPSA) is 84.9 Å². The average molecular weight is 295 g/mol. The first-order valence-corrected chi connectivity index (χ1v) is 6.47. The first kappa shape index (κ1) is 16.8. The van der Waals surface area contributed by atoms with E-state index in [9.17, 15) is 14.7 Å². The Balaban J connectivity index is 3.08. The molecule has 0 aromatic heterocycles. The van der Waals surface area contributed by atoms with Crippen LogP contribution in [-0.2, 0) is 19.8 Å². The summed E-state index contributed by atoms with van der Waals surface area (Å²) in [5.74, 6) is -0.581. The van der Waals surface area contributed by atoms with Crippen molar-refractivity contribution in [1.82, 2.24) is 5.32 Å². The minimum Gasteiger partial charge on any atom is -0.508 e. The molecule has 1 aromatic rings. The molecule has 2 N–H and O–H groups in total. The van der Waals surface area contributed by atoms with Crippen LogP contribution >= 0.6 is 0 Å². The van der Waals surface area contributed by atoms with E-state index in [-0.39, 0.29) is 5.75 Å². The van der Waals surface area contributed by atoms with Crippen molar-refractivity contribution < 1.29 is 24.2 Å². The standard InChI is InChI=1S/C15H21NO5/c1-14(2,3)21-13(19)16-15(4,12(18)20-5)10-6-8-11(17)9-7-10/h6-9,17H,1-5H3,(H,16,19). The molecule has 116 valence electrons. The lowest BCUT2D eigenvalue weighted by molar-refractivity contribution is -0.148. The molecule has 0 saturated carbocycles. The third-order valence-corrected chi connectivity index (χ3v) is 2.79. The van der Waals surface area contributed by atoms with Gasteiger partial charge in [-0.25, -0.2) is 9.59 Å². The lowest BCUT2D eigenvalue weighted by Crippen LogP contribution is -2.51. The molecule has 0 radical (unpaired) electrons. The van der Waals surface area contributed by atoms with Crippen LogP contribution in [0.4, 0.5) is 4.79 Å². The number of carbonyl (C=O) groups excluding carboxylic acids is 2. The summed E-state index contributed by atoms with van der Waals surface area (Å²) >= 11 is 0. The predicted octanol–water partition coefficient (Wildman–Crippen LogP) is 2.31. The molecule has 0 spiro atoms. The van der Waals surface area contributed by atoms with E-state index in [4.69, 9.17) is 9.47 Å². The highest BCUT2D eigenvalue weighted by atomic mass is 16.6. The molecule has 0 heterocycles. The summed E-state index contributed by atoms with van der Waals surface area (Å²) in [6.07, 6.45) is -0.733. The summed E-state index contributed by atoms with van der Waals surface area (Å²) < 4.78 is 9.93. The molecule has 1 rings (SSSR count). The van der Waals surface area contributed by atoms with Gasteiger partial charge < -0.3 is 19.9 Å². The number of phenolic OH excluding ortho intramolecular Hbond substituents is 1. The zero-order chi connectivity index (χ0) is 16.3. The van der Waals surface area contributed by atoms with Crippen LogP contribution in [0, 0.1) is 0 Å². The van der Waals surface area contributed by atoms with Crippen LogP contribution in [0.3, 0.4) is 0 Å². The molecule has 1 amide bonds. The summed E-state index contributed by atoms with van der Waals surface area (Å²) in [5, 5.41) is 11.8. The van der Waals surface area contributed by atoms with Gasteiger partial charge in [-0.15, -0.1) is 0 Å². The number of benzene rings is 1. The number of carbonyl (C=O) groups is 2. The van der Waals surface area contributed by atoms with Gasteiger partial charge in [-0.3, -0.25) is 0 Å². The number of alkyl carbamates (subject to hydrolysis) is 1. The van der Waals surface area contributed by atoms with Crippen molar-refractivity contribution in [3.8, 4) is 5.75 Å². The molecule has 0 aliphatic heterocycles. The second-order valence-electron chi connectivity index (χ2n) is 5.79. The Morgan fingerprint density at radius 2 is 1.62 bits per heavy atom. The number of phenols is 1. The van der Waals surface area contributed by atoms with Crippen molar-refractivity contribution in [3.05, 3.63) is 29.8 Å². The van der Waals surface area contributed by atoms with E-state index < -0.39 is 23.2 Å². The Hall–Kier alpha value is -2.24. The number of rotatable bonds is 3. The number of methoxy groups -OCH3 is 1. The first-order chi connectivity index (χ1) is 9.58. The molecule has 1 aromatic carbocycles. The van der Waals surface area contributed by atoms with E-state index in [0.717, 1.165) is 0 Å². The van der Waals surface area contributed by atoms with E-state index in [1.54, 1.807) is 20.8 Å². The zero-order valence-electron chi connectivity index (χ0n) is 12.9. The maximum Gasteiger partial charge on any atom is 0.408 e. The van der Waals surface area contributed by atoms with Gasteiger partial charge in [0.25, 0.3) is 0 Å². The van der Waals surface area contributed by atoms with Crippen LogP contribution < -0.4 is 5.32 Å². The second-order valence-corrected chi connectivity index (χ2v) is 5.79. The van der Waals surface area contributed by atoms with Crippen molar-refractivity contribution in [3.63, 3.8) is 0 Å². The number of nitrogens with one attached hydrogen (secondary N) is 1. The molecule has 0 aliphatic rings. The van der Waals surface area contributed by atoms with E-state index in [1.807, 2.05) is 0 Å². The molecule has 1 atom stereocenters. The quantitative estimate of drug-likeness (QED) is 0.836. The molecule has 0 saturated heterocycles. The van der Waals surface area contributed by atoms with Crippen molar-refractivity contribution in [2.75, 3.05) is 7.11 Å². The Morgan fingerprint density at radius 3 is 2.05 bits per heavy atom. The Kier molecular flexibility index (Phi) is 4.83. The highest BCUT2D eigenvalue weighted by Gasteiger charge is 2.39. The smallest absolute Gasteiger partial charge is 0.408 e. The molecule has 6 nitrogen and oxygen atoms in total. The fraction of sp³-hybridized carbons (Fsp3) is 0.467. The van der Waals surface area contributed by atoms with E-state index in [0.29, 0.717) is 5.56 Å².